The maximum Gasteiger partial charge on any atom is 0.416 e. The minimum Gasteiger partial charge on any atom is -0.387 e. The lowest BCUT2D eigenvalue weighted by atomic mass is 10.1. The Balaban J connectivity index is 1.95. The highest BCUT2D eigenvalue weighted by Gasteiger charge is 2.50. The van der Waals surface area contributed by atoms with E-state index in [4.69, 9.17) is 0 Å². The van der Waals surface area contributed by atoms with Crippen molar-refractivity contribution in [3.8, 4) is 0 Å². The summed E-state index contributed by atoms with van der Waals surface area (Å²) < 4.78 is 37.8. The lowest BCUT2D eigenvalue weighted by molar-refractivity contribution is -0.137. The highest BCUT2D eigenvalue weighted by atomic mass is 19.4. The molecule has 1 saturated carbocycles. The third kappa shape index (κ3) is 3.75. The van der Waals surface area contributed by atoms with E-state index >= 15 is 0 Å². The van der Waals surface area contributed by atoms with Gasteiger partial charge in [-0.25, -0.2) is 0 Å². The third-order valence-corrected chi connectivity index (χ3v) is 3.90. The van der Waals surface area contributed by atoms with Crippen molar-refractivity contribution in [3.05, 3.63) is 35.4 Å². The van der Waals surface area contributed by atoms with Crippen molar-refractivity contribution in [2.45, 2.75) is 32.5 Å². The summed E-state index contributed by atoms with van der Waals surface area (Å²) >= 11 is 0. The number of nitrogens with one attached hydrogen (secondary N) is 1. The van der Waals surface area contributed by atoms with Gasteiger partial charge in [0.2, 0.25) is 5.91 Å². The van der Waals surface area contributed by atoms with Gasteiger partial charge in [-0.1, -0.05) is 26.0 Å². The number of halogens is 3. The number of alkyl halides is 3. The van der Waals surface area contributed by atoms with Crippen LogP contribution in [0.1, 0.15) is 37.5 Å². The van der Waals surface area contributed by atoms with Gasteiger partial charge in [0.25, 0.3) is 0 Å². The van der Waals surface area contributed by atoms with E-state index in [1.807, 2.05) is 13.8 Å². The van der Waals surface area contributed by atoms with Crippen LogP contribution in [0.3, 0.4) is 0 Å². The summed E-state index contributed by atoms with van der Waals surface area (Å²) in [6, 6.07) is 4.50. The average Bonchev–Trinajstić information content (AvgIpc) is 3.04. The summed E-state index contributed by atoms with van der Waals surface area (Å²) in [5.41, 5.74) is -0.695. The minimum atomic E-state index is -4.45. The molecule has 1 aromatic carbocycles. The predicted molar refractivity (Wildman–Crippen MR) is 71.3 cm³/mol. The Morgan fingerprint density at radius 3 is 2.62 bits per heavy atom. The van der Waals surface area contributed by atoms with E-state index in [1.165, 1.54) is 12.1 Å². The minimum absolute atomic E-state index is 0.0226. The number of rotatable bonds is 4. The smallest absolute Gasteiger partial charge is 0.387 e. The molecule has 1 amide bonds. The van der Waals surface area contributed by atoms with E-state index in [0.29, 0.717) is 0 Å². The summed E-state index contributed by atoms with van der Waals surface area (Å²) in [5.74, 6) is -0.239. The summed E-state index contributed by atoms with van der Waals surface area (Å²) in [4.78, 5) is 11.8. The summed E-state index contributed by atoms with van der Waals surface area (Å²) in [6.07, 6.45) is -4.81. The molecule has 1 fully saturated rings. The molecule has 0 saturated heterocycles. The van der Waals surface area contributed by atoms with Crippen LogP contribution in [-0.2, 0) is 11.0 Å². The number of hydrogen-bond acceptors (Lipinski definition) is 2. The van der Waals surface area contributed by atoms with Crippen LogP contribution < -0.4 is 5.32 Å². The van der Waals surface area contributed by atoms with E-state index in [0.717, 1.165) is 18.6 Å². The van der Waals surface area contributed by atoms with Crippen molar-refractivity contribution < 1.29 is 23.1 Å². The molecule has 2 N–H and O–H groups in total. The Labute approximate surface area is 121 Å². The van der Waals surface area contributed by atoms with Gasteiger partial charge in [-0.15, -0.1) is 0 Å². The number of aliphatic hydroxyl groups is 1. The SMILES string of the molecule is CC1(C)C[C@@H]1C(=O)NCC(O)c1cccc(C(F)(F)F)c1. The molecule has 0 radical (unpaired) electrons. The van der Waals surface area contributed by atoms with Crippen LogP contribution >= 0.6 is 0 Å². The Bertz CT molecular complexity index is 540. The first-order valence-electron chi connectivity index (χ1n) is 6.74. The number of benzene rings is 1. The highest BCUT2D eigenvalue weighted by molar-refractivity contribution is 5.82. The molecular formula is C15H18F3NO2. The molecule has 0 aliphatic heterocycles. The first kappa shape index (κ1) is 15.8. The van der Waals surface area contributed by atoms with E-state index < -0.39 is 17.8 Å². The van der Waals surface area contributed by atoms with Crippen LogP contribution in [0.2, 0.25) is 0 Å². The second-order valence-electron chi connectivity index (χ2n) is 6.13. The van der Waals surface area contributed by atoms with Gasteiger partial charge in [0.05, 0.1) is 11.7 Å². The van der Waals surface area contributed by atoms with Crippen LogP contribution in [0.15, 0.2) is 24.3 Å². The molecule has 1 aliphatic rings. The Morgan fingerprint density at radius 2 is 2.10 bits per heavy atom. The Morgan fingerprint density at radius 1 is 1.48 bits per heavy atom. The third-order valence-electron chi connectivity index (χ3n) is 3.90. The molecule has 0 heterocycles. The molecular weight excluding hydrogens is 283 g/mol. The van der Waals surface area contributed by atoms with Gasteiger partial charge in [0.1, 0.15) is 0 Å². The number of amides is 1. The van der Waals surface area contributed by atoms with Gasteiger partial charge in [0.15, 0.2) is 0 Å². The molecule has 2 rings (SSSR count). The zero-order valence-corrected chi connectivity index (χ0v) is 11.9. The molecule has 3 nitrogen and oxygen atoms in total. The van der Waals surface area contributed by atoms with Crippen LogP contribution in [0.5, 0.6) is 0 Å². The molecule has 1 aliphatic carbocycles. The standard InChI is InChI=1S/C15H18F3NO2/c1-14(2)7-11(14)13(21)19-8-12(20)9-4-3-5-10(6-9)15(16,17)18/h3-6,11-12,20H,7-8H2,1-2H3,(H,19,21)/t11-,12?/m1/s1. The molecule has 21 heavy (non-hydrogen) atoms. The second-order valence-corrected chi connectivity index (χ2v) is 6.13. The molecule has 2 atom stereocenters. The van der Waals surface area contributed by atoms with Gasteiger partial charge in [-0.3, -0.25) is 4.79 Å². The maximum absolute atomic E-state index is 12.6. The fourth-order valence-electron chi connectivity index (χ4n) is 2.28. The van der Waals surface area contributed by atoms with Crippen molar-refractivity contribution in [1.82, 2.24) is 5.32 Å². The molecule has 116 valence electrons. The molecule has 0 aromatic heterocycles. The van der Waals surface area contributed by atoms with Crippen LogP contribution in [0.4, 0.5) is 13.2 Å². The van der Waals surface area contributed by atoms with Gasteiger partial charge >= 0.3 is 6.18 Å². The lowest BCUT2D eigenvalue weighted by Gasteiger charge is -2.15. The number of aliphatic hydroxyl groups excluding tert-OH is 1. The number of carbonyl (C=O) groups is 1. The predicted octanol–water partition coefficient (Wildman–Crippen LogP) is 2.90. The monoisotopic (exact) mass is 301 g/mol. The van der Waals surface area contributed by atoms with Crippen molar-refractivity contribution in [2.75, 3.05) is 6.54 Å². The summed E-state index contributed by atoms with van der Waals surface area (Å²) in [7, 11) is 0. The van der Waals surface area contributed by atoms with Crippen molar-refractivity contribution in [3.63, 3.8) is 0 Å². The Kier molecular flexibility index (Phi) is 4.02. The molecule has 1 unspecified atom stereocenters. The molecule has 0 spiro atoms. The maximum atomic E-state index is 12.6. The second kappa shape index (κ2) is 5.33. The molecule has 6 heteroatoms. The molecule has 0 bridgehead atoms. The van der Waals surface area contributed by atoms with E-state index in [-0.39, 0.29) is 29.3 Å². The quantitative estimate of drug-likeness (QED) is 0.898. The topological polar surface area (TPSA) is 49.3 Å². The summed E-state index contributed by atoms with van der Waals surface area (Å²) in [6.45, 7) is 3.85. The van der Waals surface area contributed by atoms with E-state index in [9.17, 15) is 23.1 Å². The van der Waals surface area contributed by atoms with Crippen LogP contribution in [-0.4, -0.2) is 17.6 Å². The van der Waals surface area contributed by atoms with E-state index in [1.54, 1.807) is 0 Å². The van der Waals surface area contributed by atoms with Gasteiger partial charge in [-0.05, 0) is 29.5 Å². The van der Waals surface area contributed by atoms with Gasteiger partial charge < -0.3 is 10.4 Å². The zero-order valence-electron chi connectivity index (χ0n) is 11.9. The van der Waals surface area contributed by atoms with E-state index in [2.05, 4.69) is 5.32 Å². The van der Waals surface area contributed by atoms with Crippen LogP contribution in [0, 0.1) is 11.3 Å². The van der Waals surface area contributed by atoms with Crippen molar-refractivity contribution >= 4 is 5.91 Å². The Hall–Kier alpha value is -1.56. The van der Waals surface area contributed by atoms with Gasteiger partial charge in [0, 0.05) is 12.5 Å². The van der Waals surface area contributed by atoms with Crippen molar-refractivity contribution in [2.24, 2.45) is 11.3 Å². The number of hydrogen-bond donors (Lipinski definition) is 2. The fourth-order valence-corrected chi connectivity index (χ4v) is 2.28. The molecule has 1 aromatic rings. The zero-order chi connectivity index (χ0) is 15.8. The fraction of sp³-hybridized carbons (Fsp3) is 0.533. The largest absolute Gasteiger partial charge is 0.416 e. The normalized spacial score (nSPS) is 21.7. The van der Waals surface area contributed by atoms with Crippen molar-refractivity contribution in [1.29, 1.82) is 0 Å². The first-order chi connectivity index (χ1) is 9.61. The lowest BCUT2D eigenvalue weighted by Crippen LogP contribution is -2.30. The number of carbonyl (C=O) groups excluding carboxylic acids is 1. The summed E-state index contributed by atoms with van der Waals surface area (Å²) in [5, 5.41) is 12.5. The highest BCUT2D eigenvalue weighted by Crippen LogP contribution is 2.51. The van der Waals surface area contributed by atoms with Gasteiger partial charge in [-0.2, -0.15) is 13.2 Å². The van der Waals surface area contributed by atoms with Crippen LogP contribution in [0.25, 0.3) is 0 Å². The first-order valence-corrected chi connectivity index (χ1v) is 6.74. The average molecular weight is 301 g/mol.